The van der Waals surface area contributed by atoms with E-state index in [1.54, 1.807) is 48.5 Å². The molecule has 3 N–H and O–H groups in total. The molecule has 5 aromatic rings. The summed E-state index contributed by atoms with van der Waals surface area (Å²) in [5, 5.41) is 18.2. The highest BCUT2D eigenvalue weighted by molar-refractivity contribution is 7.80. The molecule has 0 bridgehead atoms. The molecule has 2 aromatic heterocycles. The Morgan fingerprint density at radius 2 is 1.79 bits per heavy atom. The molecular weight excluding hydrogens is 537 g/mol. The minimum absolute atomic E-state index is 0.0419. The molecule has 170 valence electrons. The maximum atomic E-state index is 12.7. The molecule has 0 aliphatic carbocycles. The predicted molar refractivity (Wildman–Crippen MR) is 142 cm³/mol. The fourth-order valence-corrected chi connectivity index (χ4v) is 5.38. The molecule has 0 aliphatic heterocycles. The van der Waals surface area contributed by atoms with Crippen molar-refractivity contribution in [2.45, 2.75) is 0 Å². The molecule has 5 rings (SSSR count). The summed E-state index contributed by atoms with van der Waals surface area (Å²) in [5.74, 6) is -0.288. The number of halogens is 3. The highest BCUT2D eigenvalue weighted by atomic mass is 35.5. The lowest BCUT2D eigenvalue weighted by Crippen LogP contribution is -2.33. The van der Waals surface area contributed by atoms with Crippen molar-refractivity contribution in [2.75, 3.05) is 5.32 Å². The topological polar surface area (TPSA) is 87.4 Å². The minimum Gasteiger partial charge on any atom is -0.507 e. The summed E-state index contributed by atoms with van der Waals surface area (Å²) in [5.41, 5.74) is 1.98. The van der Waals surface area contributed by atoms with E-state index in [0.717, 1.165) is 10.1 Å². The molecule has 11 heteroatoms. The van der Waals surface area contributed by atoms with E-state index in [1.165, 1.54) is 17.4 Å². The number of anilines is 1. The first-order chi connectivity index (χ1) is 16.3. The highest BCUT2D eigenvalue weighted by Gasteiger charge is 2.19. The number of oxazole rings is 1. The molecule has 0 saturated heterocycles. The van der Waals surface area contributed by atoms with Crippen LogP contribution in [0, 0.1) is 0 Å². The van der Waals surface area contributed by atoms with Crippen LogP contribution in [0.1, 0.15) is 9.67 Å². The lowest BCUT2D eigenvalue weighted by Gasteiger charge is -2.10. The number of rotatable bonds is 3. The number of amides is 1. The average molecular weight is 549 g/mol. The standard InChI is InChI=1S/C23H12Cl3N3O3S2/c24-10-2-6-17-15(7-10)28-22(32-17)13-5-3-12(9-16(13)30)27-23(33)29-21(31)20-19(26)14-4-1-11(25)8-18(14)34-20/h1-9,30H,(H2,27,29,31,33). The van der Waals surface area contributed by atoms with Crippen LogP contribution < -0.4 is 10.6 Å². The van der Waals surface area contributed by atoms with E-state index in [0.29, 0.717) is 42.3 Å². The number of aromatic hydroxyl groups is 1. The van der Waals surface area contributed by atoms with Gasteiger partial charge in [-0.3, -0.25) is 10.1 Å². The summed E-state index contributed by atoms with van der Waals surface area (Å²) in [6, 6.07) is 15.0. The minimum atomic E-state index is -0.453. The number of fused-ring (bicyclic) bond motifs is 2. The van der Waals surface area contributed by atoms with Crippen molar-refractivity contribution in [1.29, 1.82) is 0 Å². The Balaban J connectivity index is 1.31. The molecule has 0 radical (unpaired) electrons. The number of hydrogen-bond donors (Lipinski definition) is 3. The summed E-state index contributed by atoms with van der Waals surface area (Å²) in [7, 11) is 0. The largest absolute Gasteiger partial charge is 0.507 e. The first-order valence-corrected chi connectivity index (χ1v) is 12.0. The first kappa shape index (κ1) is 22.9. The highest BCUT2D eigenvalue weighted by Crippen LogP contribution is 2.37. The number of carbonyl (C=O) groups is 1. The third-order valence-electron chi connectivity index (χ3n) is 4.86. The Morgan fingerprint density at radius 3 is 2.59 bits per heavy atom. The van der Waals surface area contributed by atoms with Crippen molar-refractivity contribution in [2.24, 2.45) is 0 Å². The SMILES string of the molecule is O=C(NC(=S)Nc1ccc(-c2nc3cc(Cl)ccc3o2)c(O)c1)c1sc2cc(Cl)ccc2c1Cl. The Morgan fingerprint density at radius 1 is 1.03 bits per heavy atom. The van der Waals surface area contributed by atoms with Gasteiger partial charge in [0.25, 0.3) is 5.91 Å². The molecule has 34 heavy (non-hydrogen) atoms. The van der Waals surface area contributed by atoms with Crippen LogP contribution in [0.5, 0.6) is 5.75 Å². The monoisotopic (exact) mass is 547 g/mol. The van der Waals surface area contributed by atoms with Crippen LogP contribution >= 0.6 is 58.4 Å². The second-order valence-electron chi connectivity index (χ2n) is 7.16. The Hall–Kier alpha value is -2.88. The van der Waals surface area contributed by atoms with Crippen LogP contribution in [0.25, 0.3) is 32.6 Å². The van der Waals surface area contributed by atoms with E-state index in [9.17, 15) is 9.90 Å². The first-order valence-electron chi connectivity index (χ1n) is 9.68. The summed E-state index contributed by atoms with van der Waals surface area (Å²) in [6.45, 7) is 0. The fourth-order valence-electron chi connectivity index (χ4n) is 3.31. The number of nitrogens with zero attached hydrogens (tertiary/aromatic N) is 1. The Kier molecular flexibility index (Phi) is 6.09. The molecule has 1 amide bonds. The number of thiophene rings is 1. The second kappa shape index (κ2) is 9.05. The van der Waals surface area contributed by atoms with Crippen molar-refractivity contribution in [1.82, 2.24) is 10.3 Å². The molecular formula is C23H12Cl3N3O3S2. The van der Waals surface area contributed by atoms with Gasteiger partial charge in [-0.1, -0.05) is 40.9 Å². The molecule has 0 saturated carbocycles. The van der Waals surface area contributed by atoms with Crippen molar-refractivity contribution in [3.05, 3.63) is 74.5 Å². The van der Waals surface area contributed by atoms with Crippen molar-refractivity contribution < 1.29 is 14.3 Å². The van der Waals surface area contributed by atoms with Crippen LogP contribution in [0.2, 0.25) is 15.1 Å². The maximum Gasteiger partial charge on any atom is 0.269 e. The molecule has 3 aromatic carbocycles. The smallest absolute Gasteiger partial charge is 0.269 e. The van der Waals surface area contributed by atoms with Crippen LogP contribution in [0.4, 0.5) is 5.69 Å². The molecule has 0 unspecified atom stereocenters. The van der Waals surface area contributed by atoms with Gasteiger partial charge in [-0.15, -0.1) is 11.3 Å². The molecule has 0 atom stereocenters. The van der Waals surface area contributed by atoms with Gasteiger partial charge in [0.15, 0.2) is 10.7 Å². The van der Waals surface area contributed by atoms with Gasteiger partial charge in [-0.2, -0.15) is 0 Å². The Bertz CT molecular complexity index is 1610. The van der Waals surface area contributed by atoms with E-state index in [-0.39, 0.29) is 16.8 Å². The zero-order chi connectivity index (χ0) is 24.0. The molecule has 0 spiro atoms. The van der Waals surface area contributed by atoms with Crippen LogP contribution in [-0.2, 0) is 0 Å². The number of benzene rings is 3. The molecule has 0 aliphatic rings. The number of aromatic nitrogens is 1. The quantitative estimate of drug-likeness (QED) is 0.202. The summed E-state index contributed by atoms with van der Waals surface area (Å²) < 4.78 is 6.50. The maximum absolute atomic E-state index is 12.7. The van der Waals surface area contributed by atoms with Gasteiger partial charge in [-0.05, 0) is 54.7 Å². The van der Waals surface area contributed by atoms with E-state index in [4.69, 9.17) is 51.4 Å². The molecule has 0 fully saturated rings. The lowest BCUT2D eigenvalue weighted by atomic mass is 10.2. The zero-order valence-electron chi connectivity index (χ0n) is 16.9. The van der Waals surface area contributed by atoms with Gasteiger partial charge >= 0.3 is 0 Å². The van der Waals surface area contributed by atoms with E-state index >= 15 is 0 Å². The number of phenolic OH excluding ortho intramolecular Hbond substituents is 1. The Labute approximate surface area is 217 Å². The molecule has 2 heterocycles. The van der Waals surface area contributed by atoms with Gasteiger partial charge in [0.1, 0.15) is 16.1 Å². The number of phenols is 1. The third-order valence-corrected chi connectivity index (χ3v) is 7.19. The lowest BCUT2D eigenvalue weighted by molar-refractivity contribution is 0.0982. The number of hydrogen-bond acceptors (Lipinski definition) is 6. The number of carbonyl (C=O) groups excluding carboxylic acids is 1. The van der Waals surface area contributed by atoms with Crippen LogP contribution in [-0.4, -0.2) is 21.1 Å². The summed E-state index contributed by atoms with van der Waals surface area (Å²) >= 11 is 24.9. The number of thiocarbonyl (C=S) groups is 1. The van der Waals surface area contributed by atoms with Gasteiger partial charge in [0.2, 0.25) is 5.89 Å². The predicted octanol–water partition coefficient (Wildman–Crippen LogP) is 7.50. The molecule has 6 nitrogen and oxygen atoms in total. The van der Waals surface area contributed by atoms with Gasteiger partial charge in [0, 0.05) is 31.9 Å². The van der Waals surface area contributed by atoms with E-state index < -0.39 is 5.91 Å². The van der Waals surface area contributed by atoms with Crippen molar-refractivity contribution >= 4 is 96.3 Å². The second-order valence-corrected chi connectivity index (χ2v) is 9.87. The van der Waals surface area contributed by atoms with Crippen LogP contribution in [0.3, 0.4) is 0 Å². The van der Waals surface area contributed by atoms with Gasteiger partial charge < -0.3 is 14.8 Å². The summed E-state index contributed by atoms with van der Waals surface area (Å²) in [6.07, 6.45) is 0. The van der Waals surface area contributed by atoms with E-state index in [1.807, 2.05) is 0 Å². The fraction of sp³-hybridized carbons (Fsp3) is 0. The average Bonchev–Trinajstić information content (AvgIpc) is 3.34. The third kappa shape index (κ3) is 4.43. The van der Waals surface area contributed by atoms with Gasteiger partial charge in [-0.25, -0.2) is 4.98 Å². The zero-order valence-corrected chi connectivity index (χ0v) is 20.8. The summed E-state index contributed by atoms with van der Waals surface area (Å²) in [4.78, 5) is 17.4. The van der Waals surface area contributed by atoms with Crippen LogP contribution in [0.15, 0.2) is 59.0 Å². The van der Waals surface area contributed by atoms with Gasteiger partial charge in [0.05, 0.1) is 10.6 Å². The van der Waals surface area contributed by atoms with E-state index in [2.05, 4.69) is 15.6 Å². The number of nitrogens with one attached hydrogen (secondary N) is 2. The van der Waals surface area contributed by atoms with Crippen molar-refractivity contribution in [3.8, 4) is 17.2 Å². The van der Waals surface area contributed by atoms with Crippen molar-refractivity contribution in [3.63, 3.8) is 0 Å². The normalized spacial score (nSPS) is 11.1.